The van der Waals surface area contributed by atoms with Crippen LogP contribution in [0, 0.1) is 0 Å². The van der Waals surface area contributed by atoms with Crippen LogP contribution in [0.25, 0.3) is 16.9 Å². The first kappa shape index (κ1) is 21.7. The summed E-state index contributed by atoms with van der Waals surface area (Å²) in [7, 11) is -3.58. The Balaban J connectivity index is 1.69. The van der Waals surface area contributed by atoms with Gasteiger partial charge >= 0.3 is 0 Å². The summed E-state index contributed by atoms with van der Waals surface area (Å²) in [6.07, 6.45) is 3.30. The van der Waals surface area contributed by atoms with Crippen LogP contribution < -0.4 is 11.5 Å². The van der Waals surface area contributed by atoms with Gasteiger partial charge in [0.1, 0.15) is 5.69 Å². The minimum Gasteiger partial charge on any atom is -0.379 e. The van der Waals surface area contributed by atoms with Crippen molar-refractivity contribution in [1.29, 1.82) is 0 Å². The highest BCUT2D eigenvalue weighted by Gasteiger charge is 2.26. The average Bonchev–Trinajstić information content (AvgIpc) is 3.24. The van der Waals surface area contributed by atoms with Gasteiger partial charge in [-0.1, -0.05) is 30.3 Å². The predicted octanol–water partition coefficient (Wildman–Crippen LogP) is 1.17. The van der Waals surface area contributed by atoms with E-state index in [0.29, 0.717) is 37.6 Å². The molecule has 0 saturated carbocycles. The van der Waals surface area contributed by atoms with E-state index in [1.807, 2.05) is 30.3 Å². The SMILES string of the molecule is NC(N)=N/N=C\c1cn(-c2ccccc2)nc1-c1ccc(S(=O)(=O)N2CCOCC2)cc1. The average molecular weight is 454 g/mol. The number of sulfonamides is 1. The van der Waals surface area contributed by atoms with Gasteiger partial charge in [-0.15, -0.1) is 5.10 Å². The molecular formula is C21H23N7O3S. The molecule has 0 radical (unpaired) electrons. The van der Waals surface area contributed by atoms with Crippen molar-refractivity contribution in [3.05, 3.63) is 66.4 Å². The minimum atomic E-state index is -3.58. The number of hydrogen-bond acceptors (Lipinski definition) is 6. The first-order valence-electron chi connectivity index (χ1n) is 9.90. The molecule has 10 nitrogen and oxygen atoms in total. The zero-order chi connectivity index (χ0) is 22.6. The number of morpholine rings is 1. The number of rotatable bonds is 6. The molecule has 4 N–H and O–H groups in total. The van der Waals surface area contributed by atoms with Crippen LogP contribution in [0.3, 0.4) is 0 Å². The molecule has 1 saturated heterocycles. The number of aromatic nitrogens is 2. The number of nitrogens with zero attached hydrogens (tertiary/aromatic N) is 5. The Kier molecular flexibility index (Phi) is 6.30. The van der Waals surface area contributed by atoms with Crippen LogP contribution in [-0.4, -0.2) is 61.0 Å². The van der Waals surface area contributed by atoms with Crippen LogP contribution in [0.5, 0.6) is 0 Å². The van der Waals surface area contributed by atoms with Gasteiger partial charge in [0.15, 0.2) is 0 Å². The fraction of sp³-hybridized carbons (Fsp3) is 0.190. The summed E-state index contributed by atoms with van der Waals surface area (Å²) in [5.74, 6) is -0.157. The first-order chi connectivity index (χ1) is 15.4. The molecule has 3 aromatic rings. The molecule has 4 rings (SSSR count). The summed E-state index contributed by atoms with van der Waals surface area (Å²) < 4.78 is 34.2. The molecule has 0 amide bonds. The molecule has 2 aromatic carbocycles. The van der Waals surface area contributed by atoms with Crippen molar-refractivity contribution in [2.45, 2.75) is 4.90 Å². The normalized spacial score (nSPS) is 15.1. The number of nitrogens with two attached hydrogens (primary N) is 2. The van der Waals surface area contributed by atoms with Crippen molar-refractivity contribution in [2.24, 2.45) is 21.7 Å². The fourth-order valence-corrected chi connectivity index (χ4v) is 4.71. The second-order valence-electron chi connectivity index (χ2n) is 7.02. The van der Waals surface area contributed by atoms with E-state index >= 15 is 0 Å². The zero-order valence-electron chi connectivity index (χ0n) is 17.2. The van der Waals surface area contributed by atoms with Gasteiger partial charge in [-0.25, -0.2) is 13.1 Å². The zero-order valence-corrected chi connectivity index (χ0v) is 18.0. The topological polar surface area (TPSA) is 141 Å². The van der Waals surface area contributed by atoms with E-state index < -0.39 is 10.0 Å². The quantitative estimate of drug-likeness (QED) is 0.326. The summed E-state index contributed by atoms with van der Waals surface area (Å²) in [4.78, 5) is 0.223. The lowest BCUT2D eigenvalue weighted by Crippen LogP contribution is -2.40. The highest BCUT2D eigenvalue weighted by Crippen LogP contribution is 2.25. The number of hydrogen-bond donors (Lipinski definition) is 2. The van der Waals surface area contributed by atoms with Gasteiger partial charge in [0.2, 0.25) is 16.0 Å². The van der Waals surface area contributed by atoms with Crippen LogP contribution in [0.2, 0.25) is 0 Å². The van der Waals surface area contributed by atoms with Crippen LogP contribution in [-0.2, 0) is 14.8 Å². The molecule has 0 unspecified atom stereocenters. The number of para-hydroxylation sites is 1. The van der Waals surface area contributed by atoms with Gasteiger partial charge in [-0.05, 0) is 24.3 Å². The van der Waals surface area contributed by atoms with Crippen molar-refractivity contribution in [3.8, 4) is 16.9 Å². The van der Waals surface area contributed by atoms with E-state index in [9.17, 15) is 8.42 Å². The van der Waals surface area contributed by atoms with Crippen molar-refractivity contribution in [3.63, 3.8) is 0 Å². The van der Waals surface area contributed by atoms with Crippen LogP contribution >= 0.6 is 0 Å². The van der Waals surface area contributed by atoms with E-state index in [2.05, 4.69) is 15.3 Å². The number of benzene rings is 2. The van der Waals surface area contributed by atoms with E-state index in [4.69, 9.17) is 16.2 Å². The fourth-order valence-electron chi connectivity index (χ4n) is 3.30. The molecule has 2 heterocycles. The van der Waals surface area contributed by atoms with Crippen LogP contribution in [0.4, 0.5) is 0 Å². The van der Waals surface area contributed by atoms with Crippen LogP contribution in [0.1, 0.15) is 5.56 Å². The molecule has 1 aliphatic heterocycles. The maximum Gasteiger partial charge on any atom is 0.243 e. The van der Waals surface area contributed by atoms with Crippen molar-refractivity contribution in [1.82, 2.24) is 14.1 Å². The summed E-state index contributed by atoms with van der Waals surface area (Å²) in [5.41, 5.74) is 13.6. The summed E-state index contributed by atoms with van der Waals surface area (Å²) in [6.45, 7) is 1.48. The Morgan fingerprint density at radius 1 is 1.03 bits per heavy atom. The smallest absolute Gasteiger partial charge is 0.243 e. The Morgan fingerprint density at radius 3 is 2.38 bits per heavy atom. The minimum absolute atomic E-state index is 0.157. The Morgan fingerprint density at radius 2 is 1.72 bits per heavy atom. The molecule has 11 heteroatoms. The highest BCUT2D eigenvalue weighted by molar-refractivity contribution is 7.89. The molecule has 1 aliphatic rings. The third-order valence-corrected chi connectivity index (χ3v) is 6.78. The molecule has 0 aliphatic carbocycles. The molecule has 0 atom stereocenters. The maximum atomic E-state index is 12.9. The Bertz CT molecular complexity index is 1230. The summed E-state index contributed by atoms with van der Waals surface area (Å²) in [6, 6.07) is 16.2. The van der Waals surface area contributed by atoms with Gasteiger partial charge in [0.05, 0.1) is 30.0 Å². The van der Waals surface area contributed by atoms with Crippen LogP contribution in [0.15, 0.2) is 75.9 Å². The van der Waals surface area contributed by atoms with E-state index in [1.54, 1.807) is 35.1 Å². The third kappa shape index (κ3) is 4.69. The Hall–Kier alpha value is -3.54. The number of guanidine groups is 1. The van der Waals surface area contributed by atoms with Crippen molar-refractivity contribution in [2.75, 3.05) is 26.3 Å². The monoisotopic (exact) mass is 453 g/mol. The lowest BCUT2D eigenvalue weighted by Gasteiger charge is -2.26. The predicted molar refractivity (Wildman–Crippen MR) is 122 cm³/mol. The van der Waals surface area contributed by atoms with Crippen molar-refractivity contribution >= 4 is 22.2 Å². The molecule has 1 aromatic heterocycles. The largest absolute Gasteiger partial charge is 0.379 e. The first-order valence-corrected chi connectivity index (χ1v) is 11.3. The Labute approximate surface area is 185 Å². The van der Waals surface area contributed by atoms with Crippen molar-refractivity contribution < 1.29 is 13.2 Å². The van der Waals surface area contributed by atoms with Gasteiger partial charge in [-0.3, -0.25) is 0 Å². The van der Waals surface area contributed by atoms with E-state index in [-0.39, 0.29) is 10.9 Å². The molecule has 166 valence electrons. The molecule has 1 fully saturated rings. The standard InChI is InChI=1S/C21H23N7O3S/c22-21(23)25-24-14-17-15-28(18-4-2-1-3-5-18)26-20(17)16-6-8-19(9-7-16)32(29,30)27-10-12-31-13-11-27/h1-9,14-15H,10-13H2,(H4,22,23,25)/b24-14-. The highest BCUT2D eigenvalue weighted by atomic mass is 32.2. The van der Waals surface area contributed by atoms with Gasteiger partial charge in [0, 0.05) is 30.4 Å². The third-order valence-electron chi connectivity index (χ3n) is 4.87. The molecule has 32 heavy (non-hydrogen) atoms. The second kappa shape index (κ2) is 9.30. The molecule has 0 spiro atoms. The van der Waals surface area contributed by atoms with E-state index in [0.717, 1.165) is 11.3 Å². The molecule has 0 bridgehead atoms. The number of ether oxygens (including phenoxy) is 1. The summed E-state index contributed by atoms with van der Waals surface area (Å²) in [5, 5.41) is 12.2. The summed E-state index contributed by atoms with van der Waals surface area (Å²) >= 11 is 0. The van der Waals surface area contributed by atoms with Gasteiger partial charge in [0.25, 0.3) is 0 Å². The lowest BCUT2D eigenvalue weighted by molar-refractivity contribution is 0.0730. The maximum absolute atomic E-state index is 12.9. The van der Waals surface area contributed by atoms with Gasteiger partial charge in [-0.2, -0.15) is 14.5 Å². The van der Waals surface area contributed by atoms with Gasteiger partial charge < -0.3 is 16.2 Å². The van der Waals surface area contributed by atoms with E-state index in [1.165, 1.54) is 10.5 Å². The lowest BCUT2D eigenvalue weighted by atomic mass is 10.1. The molecular weight excluding hydrogens is 430 g/mol. The second-order valence-corrected chi connectivity index (χ2v) is 8.96.